The molecule has 2 aromatic heterocycles. The fourth-order valence-electron chi connectivity index (χ4n) is 2.93. The molecule has 1 aromatic carbocycles. The standard InChI is InChI=1S/C19H24N4O4S/c1-5-28-18-20-16-15(17(25)22(4)19(26)21(16)3)23(18)10-13(24)11-27-14-8-6-12(2)7-9-14/h6-9,13,24H,5,10-11H2,1-4H3/t13-/m0/s1. The molecule has 0 aliphatic heterocycles. The van der Waals surface area contributed by atoms with E-state index in [1.165, 1.54) is 23.4 Å². The molecule has 8 nitrogen and oxygen atoms in total. The molecule has 0 aliphatic carbocycles. The average molecular weight is 404 g/mol. The lowest BCUT2D eigenvalue weighted by atomic mass is 10.2. The number of ether oxygens (including phenoxy) is 1. The number of aliphatic hydroxyl groups excluding tert-OH is 1. The lowest BCUT2D eigenvalue weighted by molar-refractivity contribution is 0.0913. The van der Waals surface area contributed by atoms with Crippen molar-refractivity contribution in [3.63, 3.8) is 0 Å². The maximum Gasteiger partial charge on any atom is 0.332 e. The van der Waals surface area contributed by atoms with Crippen LogP contribution in [0.5, 0.6) is 5.75 Å². The highest BCUT2D eigenvalue weighted by Crippen LogP contribution is 2.22. The molecule has 0 amide bonds. The van der Waals surface area contributed by atoms with Crippen LogP contribution in [0.25, 0.3) is 11.2 Å². The summed E-state index contributed by atoms with van der Waals surface area (Å²) in [5.74, 6) is 1.41. The monoisotopic (exact) mass is 404 g/mol. The number of thioether (sulfide) groups is 1. The molecule has 1 atom stereocenters. The molecule has 0 radical (unpaired) electrons. The molecule has 0 saturated heterocycles. The number of imidazole rings is 1. The molecule has 0 saturated carbocycles. The Labute approximate surface area is 166 Å². The number of hydrogen-bond donors (Lipinski definition) is 1. The predicted molar refractivity (Wildman–Crippen MR) is 109 cm³/mol. The molecule has 150 valence electrons. The molecule has 1 N–H and O–H groups in total. The molecular weight excluding hydrogens is 380 g/mol. The normalized spacial score (nSPS) is 12.5. The molecule has 0 bridgehead atoms. The van der Waals surface area contributed by atoms with Gasteiger partial charge in [0.25, 0.3) is 5.56 Å². The largest absolute Gasteiger partial charge is 0.491 e. The van der Waals surface area contributed by atoms with Gasteiger partial charge >= 0.3 is 5.69 Å². The first-order valence-electron chi connectivity index (χ1n) is 9.00. The number of aryl methyl sites for hydroxylation is 2. The minimum atomic E-state index is -0.850. The van der Waals surface area contributed by atoms with E-state index in [1.54, 1.807) is 11.6 Å². The molecule has 0 spiro atoms. The Morgan fingerprint density at radius 2 is 1.86 bits per heavy atom. The summed E-state index contributed by atoms with van der Waals surface area (Å²) in [6.07, 6.45) is -0.850. The zero-order valence-electron chi connectivity index (χ0n) is 16.4. The van der Waals surface area contributed by atoms with Gasteiger partial charge in [-0.25, -0.2) is 9.78 Å². The topological polar surface area (TPSA) is 91.3 Å². The summed E-state index contributed by atoms with van der Waals surface area (Å²) in [4.78, 5) is 29.4. The zero-order chi connectivity index (χ0) is 20.4. The fraction of sp³-hybridized carbons (Fsp3) is 0.421. The van der Waals surface area contributed by atoms with E-state index in [0.717, 1.165) is 15.9 Å². The van der Waals surface area contributed by atoms with Crippen LogP contribution < -0.4 is 16.0 Å². The Hall–Kier alpha value is -2.52. The molecule has 28 heavy (non-hydrogen) atoms. The van der Waals surface area contributed by atoms with E-state index in [1.807, 2.05) is 38.1 Å². The molecule has 9 heteroatoms. The van der Waals surface area contributed by atoms with E-state index in [-0.39, 0.29) is 13.2 Å². The number of rotatable bonds is 7. The van der Waals surface area contributed by atoms with E-state index in [9.17, 15) is 14.7 Å². The van der Waals surface area contributed by atoms with Crippen molar-refractivity contribution >= 4 is 22.9 Å². The van der Waals surface area contributed by atoms with Gasteiger partial charge < -0.3 is 14.4 Å². The maximum atomic E-state index is 12.7. The quantitative estimate of drug-likeness (QED) is 0.597. The van der Waals surface area contributed by atoms with Gasteiger partial charge in [0.2, 0.25) is 0 Å². The van der Waals surface area contributed by atoms with Crippen molar-refractivity contribution in [3.05, 3.63) is 50.7 Å². The van der Waals surface area contributed by atoms with Crippen LogP contribution in [0, 0.1) is 6.92 Å². The number of fused-ring (bicyclic) bond motifs is 1. The van der Waals surface area contributed by atoms with Crippen molar-refractivity contribution in [1.82, 2.24) is 18.7 Å². The van der Waals surface area contributed by atoms with E-state index >= 15 is 0 Å². The highest BCUT2D eigenvalue weighted by Gasteiger charge is 2.21. The Kier molecular flexibility index (Phi) is 5.95. The minimum Gasteiger partial charge on any atom is -0.491 e. The fourth-order valence-corrected chi connectivity index (χ4v) is 3.66. The summed E-state index contributed by atoms with van der Waals surface area (Å²) >= 11 is 1.45. The highest BCUT2D eigenvalue weighted by molar-refractivity contribution is 7.99. The first kappa shape index (κ1) is 20.2. The van der Waals surface area contributed by atoms with Crippen LogP contribution in [-0.4, -0.2) is 42.3 Å². The van der Waals surface area contributed by atoms with Crippen LogP contribution in [0.4, 0.5) is 0 Å². The van der Waals surface area contributed by atoms with Gasteiger partial charge in [0.15, 0.2) is 16.3 Å². The number of aromatic nitrogens is 4. The first-order valence-corrected chi connectivity index (χ1v) is 9.98. The van der Waals surface area contributed by atoms with Crippen molar-refractivity contribution in [1.29, 1.82) is 0 Å². The van der Waals surface area contributed by atoms with Crippen molar-refractivity contribution in [2.24, 2.45) is 14.1 Å². The molecule has 0 fully saturated rings. The Balaban J connectivity index is 1.92. The third-order valence-corrected chi connectivity index (χ3v) is 5.30. The SMILES string of the molecule is CCSc1nc2c(c(=O)n(C)c(=O)n2C)n1C[C@H](O)COc1ccc(C)cc1. The van der Waals surface area contributed by atoms with Crippen molar-refractivity contribution < 1.29 is 9.84 Å². The van der Waals surface area contributed by atoms with Crippen LogP contribution in [0.15, 0.2) is 39.0 Å². The van der Waals surface area contributed by atoms with Gasteiger partial charge in [-0.2, -0.15) is 0 Å². The molecule has 2 heterocycles. The van der Waals surface area contributed by atoms with Crippen LogP contribution in [0.1, 0.15) is 12.5 Å². The van der Waals surface area contributed by atoms with Crippen LogP contribution >= 0.6 is 11.8 Å². The Morgan fingerprint density at radius 1 is 1.18 bits per heavy atom. The number of benzene rings is 1. The number of aliphatic hydroxyl groups is 1. The second-order valence-electron chi connectivity index (χ2n) is 6.59. The van der Waals surface area contributed by atoms with Crippen LogP contribution in [-0.2, 0) is 20.6 Å². The van der Waals surface area contributed by atoms with Crippen molar-refractivity contribution in [2.75, 3.05) is 12.4 Å². The number of nitrogens with zero attached hydrogens (tertiary/aromatic N) is 4. The Bertz CT molecular complexity index is 1100. The molecule has 3 aromatic rings. The Morgan fingerprint density at radius 3 is 2.50 bits per heavy atom. The summed E-state index contributed by atoms with van der Waals surface area (Å²) in [7, 11) is 3.02. The first-order chi connectivity index (χ1) is 13.3. The molecule has 3 rings (SSSR count). The van der Waals surface area contributed by atoms with Gasteiger partial charge in [-0.1, -0.05) is 36.4 Å². The lowest BCUT2D eigenvalue weighted by Crippen LogP contribution is -2.38. The lowest BCUT2D eigenvalue weighted by Gasteiger charge is -2.15. The van der Waals surface area contributed by atoms with Gasteiger partial charge in [0.1, 0.15) is 18.5 Å². The van der Waals surface area contributed by atoms with Crippen LogP contribution in [0.3, 0.4) is 0 Å². The summed E-state index contributed by atoms with van der Waals surface area (Å²) < 4.78 is 9.73. The summed E-state index contributed by atoms with van der Waals surface area (Å²) in [6, 6.07) is 7.56. The summed E-state index contributed by atoms with van der Waals surface area (Å²) in [5.41, 5.74) is 0.879. The third-order valence-electron chi connectivity index (χ3n) is 4.44. The van der Waals surface area contributed by atoms with Crippen molar-refractivity contribution in [2.45, 2.75) is 31.7 Å². The van der Waals surface area contributed by atoms with Gasteiger partial charge in [-0.05, 0) is 24.8 Å². The highest BCUT2D eigenvalue weighted by atomic mass is 32.2. The molecular formula is C19H24N4O4S. The maximum absolute atomic E-state index is 12.7. The van der Waals surface area contributed by atoms with E-state index in [0.29, 0.717) is 22.1 Å². The van der Waals surface area contributed by atoms with E-state index in [4.69, 9.17) is 4.74 Å². The van der Waals surface area contributed by atoms with Crippen molar-refractivity contribution in [3.8, 4) is 5.75 Å². The minimum absolute atomic E-state index is 0.0744. The van der Waals surface area contributed by atoms with Gasteiger partial charge in [-0.15, -0.1) is 0 Å². The zero-order valence-corrected chi connectivity index (χ0v) is 17.2. The third kappa shape index (κ3) is 3.85. The summed E-state index contributed by atoms with van der Waals surface area (Å²) in [6.45, 7) is 4.18. The molecule has 0 unspecified atom stereocenters. The van der Waals surface area contributed by atoms with E-state index in [2.05, 4.69) is 4.98 Å². The van der Waals surface area contributed by atoms with Gasteiger partial charge in [0, 0.05) is 14.1 Å². The van der Waals surface area contributed by atoms with Crippen LogP contribution in [0.2, 0.25) is 0 Å². The van der Waals surface area contributed by atoms with Gasteiger partial charge in [0.05, 0.1) is 6.54 Å². The average Bonchev–Trinajstić information content (AvgIpc) is 3.03. The predicted octanol–water partition coefficient (Wildman–Crippen LogP) is 1.29. The second-order valence-corrected chi connectivity index (χ2v) is 7.83. The summed E-state index contributed by atoms with van der Waals surface area (Å²) in [5, 5.41) is 11.1. The second kappa shape index (κ2) is 8.24. The van der Waals surface area contributed by atoms with E-state index < -0.39 is 17.4 Å². The number of hydrogen-bond acceptors (Lipinski definition) is 6. The smallest absolute Gasteiger partial charge is 0.332 e. The van der Waals surface area contributed by atoms with Gasteiger partial charge in [-0.3, -0.25) is 13.9 Å². The molecule has 0 aliphatic rings.